The van der Waals surface area contributed by atoms with Gasteiger partial charge in [0, 0.05) is 5.92 Å². The summed E-state index contributed by atoms with van der Waals surface area (Å²) in [5.74, 6) is 1.12. The van der Waals surface area contributed by atoms with Gasteiger partial charge >= 0.3 is 6.16 Å². The molecule has 0 heterocycles. The van der Waals surface area contributed by atoms with Crippen LogP contribution in [-0.4, -0.2) is 25.2 Å². The lowest BCUT2D eigenvalue weighted by atomic mass is 9.50. The van der Waals surface area contributed by atoms with Crippen LogP contribution >= 0.6 is 0 Å². The molecule has 0 radical (unpaired) electrons. The number of allylic oxidation sites excluding steroid dienone is 4. The molecule has 0 aliphatic heterocycles. The van der Waals surface area contributed by atoms with Gasteiger partial charge in [0.1, 0.15) is 0 Å². The van der Waals surface area contributed by atoms with E-state index in [-0.39, 0.29) is 11.3 Å². The minimum Gasteiger partial charge on any atom is -0.438 e. The highest BCUT2D eigenvalue weighted by molar-refractivity contribution is 5.70. The smallest absolute Gasteiger partial charge is 0.438 e. The maximum atomic E-state index is 12.0. The van der Waals surface area contributed by atoms with Crippen LogP contribution in [0.5, 0.6) is 0 Å². The van der Waals surface area contributed by atoms with E-state index >= 15 is 0 Å². The molecular weight excluding hydrogens is 352 g/mol. The number of fused-ring (bicyclic) bond motifs is 5. The second-order valence-electron chi connectivity index (χ2n) is 10.1. The first-order valence-electron chi connectivity index (χ1n) is 10.9. The van der Waals surface area contributed by atoms with Gasteiger partial charge in [-0.1, -0.05) is 43.6 Å². The second-order valence-corrected chi connectivity index (χ2v) is 10.1. The van der Waals surface area contributed by atoms with Crippen LogP contribution in [0.15, 0.2) is 23.3 Å². The van der Waals surface area contributed by atoms with Crippen molar-refractivity contribution in [3.05, 3.63) is 23.3 Å². The molecule has 0 saturated heterocycles. The summed E-state index contributed by atoms with van der Waals surface area (Å²) in [6.07, 6.45) is 14.3. The molecule has 0 spiro atoms. The summed E-state index contributed by atoms with van der Waals surface area (Å²) in [4.78, 5) is 23.9. The van der Waals surface area contributed by atoms with Crippen molar-refractivity contribution in [1.29, 1.82) is 0 Å². The second kappa shape index (κ2) is 6.74. The van der Waals surface area contributed by atoms with Gasteiger partial charge in [0.05, 0.1) is 7.11 Å². The maximum absolute atomic E-state index is 12.0. The highest BCUT2D eigenvalue weighted by atomic mass is 16.7. The Bertz CT molecular complexity index is 737. The molecule has 28 heavy (non-hydrogen) atoms. The van der Waals surface area contributed by atoms with Gasteiger partial charge in [0.25, 0.3) is 0 Å². The van der Waals surface area contributed by atoms with Crippen LogP contribution in [-0.2, 0) is 14.3 Å². The summed E-state index contributed by atoms with van der Waals surface area (Å²) in [6, 6.07) is 0. The molecule has 6 atom stereocenters. The number of carbonyl (C=O) groups excluding carboxylic acids is 2. The molecule has 154 valence electrons. The number of hydrogen-bond acceptors (Lipinski definition) is 4. The van der Waals surface area contributed by atoms with Gasteiger partial charge < -0.3 is 9.47 Å². The molecule has 4 nitrogen and oxygen atoms in total. The lowest BCUT2D eigenvalue weighted by molar-refractivity contribution is -0.138. The van der Waals surface area contributed by atoms with Gasteiger partial charge in [-0.3, -0.25) is 4.79 Å². The number of rotatable bonds is 3. The van der Waals surface area contributed by atoms with E-state index < -0.39 is 11.8 Å². The van der Waals surface area contributed by atoms with Crippen molar-refractivity contribution < 1.29 is 19.1 Å². The van der Waals surface area contributed by atoms with Crippen LogP contribution in [0.4, 0.5) is 4.79 Å². The quantitative estimate of drug-likeness (QED) is 0.467. The van der Waals surface area contributed by atoms with Gasteiger partial charge in [-0.2, -0.15) is 0 Å². The van der Waals surface area contributed by atoms with E-state index in [0.29, 0.717) is 17.3 Å². The number of ether oxygens (including phenoxy) is 2. The van der Waals surface area contributed by atoms with Gasteiger partial charge in [-0.05, 0) is 74.5 Å². The summed E-state index contributed by atoms with van der Waals surface area (Å²) in [5.41, 5.74) is 2.41. The molecular formula is C24H34O4. The minimum absolute atomic E-state index is 0.0213. The van der Waals surface area contributed by atoms with Crippen molar-refractivity contribution >= 4 is 12.4 Å². The van der Waals surface area contributed by atoms with Gasteiger partial charge in [0.2, 0.25) is 0 Å². The van der Waals surface area contributed by atoms with Crippen molar-refractivity contribution in [1.82, 2.24) is 0 Å². The van der Waals surface area contributed by atoms with Crippen molar-refractivity contribution in [3.8, 4) is 0 Å². The van der Waals surface area contributed by atoms with E-state index in [1.54, 1.807) is 18.1 Å². The Hall–Kier alpha value is -1.58. The fraction of sp³-hybridized carbons (Fsp3) is 0.750. The summed E-state index contributed by atoms with van der Waals surface area (Å²) in [7, 11) is 1.29. The van der Waals surface area contributed by atoms with Crippen LogP contribution in [0.25, 0.3) is 0 Å². The standard InChI is InChI=1S/C24H34O4/c1-22-13-6-5-7-16(22)8-9-17-18-10-11-20(23(18,2)14-12-19(17)22)24(3,15-25)28-21(26)27-4/h8-9,15,18-20H,5-7,10-14H2,1-4H3/t18-,19-,20-,22-,23-,24?/m0/s1. The van der Waals surface area contributed by atoms with Crippen molar-refractivity contribution in [2.45, 2.75) is 77.7 Å². The molecule has 4 aliphatic rings. The highest BCUT2D eigenvalue weighted by Crippen LogP contribution is 2.66. The molecule has 0 amide bonds. The highest BCUT2D eigenvalue weighted by Gasteiger charge is 2.60. The Morgan fingerprint density at radius 3 is 2.64 bits per heavy atom. The molecule has 0 bridgehead atoms. The third kappa shape index (κ3) is 2.70. The summed E-state index contributed by atoms with van der Waals surface area (Å²) in [5, 5.41) is 0. The molecule has 4 heteroatoms. The molecule has 0 N–H and O–H groups in total. The lowest BCUT2D eigenvalue weighted by Crippen LogP contribution is -2.51. The summed E-state index contributed by atoms with van der Waals surface area (Å²) >= 11 is 0. The number of aldehydes is 1. The van der Waals surface area contributed by atoms with Crippen molar-refractivity contribution in [2.75, 3.05) is 7.11 Å². The Kier molecular flexibility index (Phi) is 4.75. The largest absolute Gasteiger partial charge is 0.508 e. The summed E-state index contributed by atoms with van der Waals surface area (Å²) < 4.78 is 10.2. The normalized spacial score (nSPS) is 41.4. The zero-order chi connectivity index (χ0) is 20.2. The van der Waals surface area contributed by atoms with Crippen LogP contribution in [0.1, 0.15) is 72.1 Å². The molecule has 4 rings (SSSR count). The van der Waals surface area contributed by atoms with E-state index in [9.17, 15) is 9.59 Å². The SMILES string of the molecule is COC(=O)OC(C)(C=O)[C@H]1CC[C@H]2C3=CC=C4CCCC[C@]4(C)[C@H]3CC[C@]12C. The van der Waals surface area contributed by atoms with Gasteiger partial charge in [-0.15, -0.1) is 0 Å². The first-order chi connectivity index (χ1) is 13.3. The molecule has 3 fully saturated rings. The minimum atomic E-state index is -1.13. The Labute approximate surface area is 168 Å². The lowest BCUT2D eigenvalue weighted by Gasteiger charge is -2.55. The third-order valence-corrected chi connectivity index (χ3v) is 8.88. The van der Waals surface area contributed by atoms with Gasteiger partial charge in [-0.25, -0.2) is 4.79 Å². The monoisotopic (exact) mass is 386 g/mol. The van der Waals surface area contributed by atoms with Crippen molar-refractivity contribution in [2.24, 2.45) is 28.6 Å². The number of hydrogen-bond donors (Lipinski definition) is 0. The van der Waals surface area contributed by atoms with E-state index in [0.717, 1.165) is 32.0 Å². The fourth-order valence-electron chi connectivity index (χ4n) is 7.38. The number of carbonyl (C=O) groups is 2. The average molecular weight is 387 g/mol. The Balaban J connectivity index is 1.67. The zero-order valence-corrected chi connectivity index (χ0v) is 17.8. The predicted molar refractivity (Wildman–Crippen MR) is 108 cm³/mol. The Morgan fingerprint density at radius 2 is 1.93 bits per heavy atom. The molecule has 1 unspecified atom stereocenters. The fourth-order valence-corrected chi connectivity index (χ4v) is 7.38. The number of methoxy groups -OCH3 is 1. The first-order valence-corrected chi connectivity index (χ1v) is 10.9. The van der Waals surface area contributed by atoms with Crippen LogP contribution in [0, 0.1) is 28.6 Å². The van der Waals surface area contributed by atoms with Crippen molar-refractivity contribution in [3.63, 3.8) is 0 Å². The van der Waals surface area contributed by atoms with Crippen LogP contribution in [0.2, 0.25) is 0 Å². The average Bonchev–Trinajstić information content (AvgIpc) is 3.05. The zero-order valence-electron chi connectivity index (χ0n) is 17.8. The Morgan fingerprint density at radius 1 is 1.14 bits per heavy atom. The van der Waals surface area contributed by atoms with Crippen LogP contribution in [0.3, 0.4) is 0 Å². The molecule has 0 aromatic rings. The summed E-state index contributed by atoms with van der Waals surface area (Å²) in [6.45, 7) is 6.56. The topological polar surface area (TPSA) is 52.6 Å². The molecule has 0 aromatic carbocycles. The maximum Gasteiger partial charge on any atom is 0.508 e. The van der Waals surface area contributed by atoms with E-state index in [1.165, 1.54) is 32.8 Å². The van der Waals surface area contributed by atoms with E-state index in [4.69, 9.17) is 9.47 Å². The molecule has 4 aliphatic carbocycles. The molecule has 3 saturated carbocycles. The van der Waals surface area contributed by atoms with E-state index in [1.807, 2.05) is 0 Å². The molecule has 0 aromatic heterocycles. The third-order valence-electron chi connectivity index (χ3n) is 8.88. The first kappa shape index (κ1) is 19.7. The van der Waals surface area contributed by atoms with E-state index in [2.05, 4.69) is 26.0 Å². The predicted octanol–water partition coefficient (Wildman–Crippen LogP) is 5.62. The van der Waals surface area contributed by atoms with Gasteiger partial charge in [0.15, 0.2) is 11.9 Å². The van der Waals surface area contributed by atoms with Crippen LogP contribution < -0.4 is 0 Å².